The van der Waals surface area contributed by atoms with Crippen LogP contribution >= 0.6 is 0 Å². The summed E-state index contributed by atoms with van der Waals surface area (Å²) in [6.45, 7) is 6.90. The third-order valence-electron chi connectivity index (χ3n) is 5.27. The average Bonchev–Trinajstić information content (AvgIpc) is 2.94. The van der Waals surface area contributed by atoms with Crippen LogP contribution in [0.5, 0.6) is 0 Å². The van der Waals surface area contributed by atoms with Crippen LogP contribution in [0.2, 0.25) is 0 Å². The smallest absolute Gasteiger partial charge is 0.378 e. The highest BCUT2D eigenvalue weighted by Crippen LogP contribution is 2.30. The molecular formula is C18H23F3N6O. The molecule has 0 N–H and O–H groups in total. The summed E-state index contributed by atoms with van der Waals surface area (Å²) in [5.74, 6) is 0.0349. The molecule has 0 spiro atoms. The van der Waals surface area contributed by atoms with Gasteiger partial charge in [-0.3, -0.25) is 9.58 Å². The summed E-state index contributed by atoms with van der Waals surface area (Å²) in [6.07, 6.45) is -2.71. The second kappa shape index (κ2) is 7.32. The number of rotatable bonds is 3. The molecule has 0 amide bonds. The van der Waals surface area contributed by atoms with Crippen molar-refractivity contribution in [2.75, 3.05) is 37.7 Å². The van der Waals surface area contributed by atoms with E-state index in [0.717, 1.165) is 35.7 Å². The minimum Gasteiger partial charge on any atom is -0.378 e. The summed E-state index contributed by atoms with van der Waals surface area (Å²) in [4.78, 5) is 11.8. The molecule has 0 radical (unpaired) electrons. The van der Waals surface area contributed by atoms with Crippen molar-refractivity contribution in [1.82, 2.24) is 24.6 Å². The molecule has 10 heteroatoms. The molecule has 2 aromatic rings. The van der Waals surface area contributed by atoms with E-state index < -0.39 is 12.0 Å². The third kappa shape index (κ3) is 3.70. The van der Waals surface area contributed by atoms with Gasteiger partial charge < -0.3 is 9.64 Å². The number of aryl methyl sites for hydroxylation is 2. The summed E-state index contributed by atoms with van der Waals surface area (Å²) in [5, 5.41) is 4.59. The Labute approximate surface area is 161 Å². The molecule has 4 heterocycles. The molecule has 0 aliphatic carbocycles. The van der Waals surface area contributed by atoms with Gasteiger partial charge in [0.15, 0.2) is 0 Å². The molecule has 0 atom stereocenters. The molecule has 0 bridgehead atoms. The summed E-state index contributed by atoms with van der Waals surface area (Å²) >= 11 is 0. The average molecular weight is 396 g/mol. The fourth-order valence-electron chi connectivity index (χ4n) is 3.92. The zero-order chi connectivity index (χ0) is 19.9. The number of aromatic nitrogens is 4. The fraction of sp³-hybridized carbons (Fsp3) is 0.611. The van der Waals surface area contributed by atoms with Gasteiger partial charge in [-0.05, 0) is 6.92 Å². The Balaban J connectivity index is 1.53. The van der Waals surface area contributed by atoms with E-state index in [9.17, 15) is 13.2 Å². The SMILES string of the molecule is Cc1nn(C)c(N2CCOCC2)c1CN1CCc2nc(C(F)(F)F)ncc2C1. The first kappa shape index (κ1) is 19.1. The van der Waals surface area contributed by atoms with Gasteiger partial charge in [-0.1, -0.05) is 0 Å². The summed E-state index contributed by atoms with van der Waals surface area (Å²) in [5.41, 5.74) is 3.38. The maximum Gasteiger partial charge on any atom is 0.451 e. The monoisotopic (exact) mass is 396 g/mol. The van der Waals surface area contributed by atoms with Crippen LogP contribution in [0.15, 0.2) is 6.20 Å². The number of alkyl halides is 3. The molecule has 0 unspecified atom stereocenters. The normalized spacial score (nSPS) is 18.4. The van der Waals surface area contributed by atoms with Crippen molar-refractivity contribution < 1.29 is 17.9 Å². The van der Waals surface area contributed by atoms with Gasteiger partial charge in [-0.15, -0.1) is 0 Å². The van der Waals surface area contributed by atoms with Crippen LogP contribution in [0.1, 0.15) is 28.3 Å². The van der Waals surface area contributed by atoms with Gasteiger partial charge >= 0.3 is 6.18 Å². The Bertz CT molecular complexity index is 860. The van der Waals surface area contributed by atoms with Crippen LogP contribution in [-0.4, -0.2) is 57.5 Å². The lowest BCUT2D eigenvalue weighted by Gasteiger charge is -2.32. The van der Waals surface area contributed by atoms with Crippen molar-refractivity contribution in [1.29, 1.82) is 0 Å². The van der Waals surface area contributed by atoms with Gasteiger partial charge in [0.05, 0.1) is 24.6 Å². The van der Waals surface area contributed by atoms with E-state index >= 15 is 0 Å². The van der Waals surface area contributed by atoms with Crippen LogP contribution in [0.25, 0.3) is 0 Å². The Kier molecular flexibility index (Phi) is 5.00. The minimum absolute atomic E-state index is 0.479. The Hall–Kier alpha value is -2.20. The molecule has 152 valence electrons. The van der Waals surface area contributed by atoms with Gasteiger partial charge in [0.2, 0.25) is 5.82 Å². The maximum absolute atomic E-state index is 12.8. The lowest BCUT2D eigenvalue weighted by molar-refractivity contribution is -0.145. The van der Waals surface area contributed by atoms with Gasteiger partial charge in [-0.2, -0.15) is 18.3 Å². The number of ether oxygens (including phenoxy) is 1. The van der Waals surface area contributed by atoms with Crippen molar-refractivity contribution in [2.24, 2.45) is 7.05 Å². The predicted octanol–water partition coefficient (Wildman–Crippen LogP) is 1.93. The van der Waals surface area contributed by atoms with Gasteiger partial charge in [0.25, 0.3) is 0 Å². The highest BCUT2D eigenvalue weighted by atomic mass is 19.4. The lowest BCUT2D eigenvalue weighted by atomic mass is 10.1. The first-order valence-electron chi connectivity index (χ1n) is 9.32. The summed E-state index contributed by atoms with van der Waals surface area (Å²) in [6, 6.07) is 0. The van der Waals surface area contributed by atoms with Crippen molar-refractivity contribution in [3.05, 3.63) is 34.5 Å². The van der Waals surface area contributed by atoms with Crippen LogP contribution < -0.4 is 4.90 Å². The molecule has 2 aromatic heterocycles. The lowest BCUT2D eigenvalue weighted by Crippen LogP contribution is -2.38. The van der Waals surface area contributed by atoms with Crippen LogP contribution in [-0.2, 0) is 37.5 Å². The molecular weight excluding hydrogens is 373 g/mol. The first-order valence-corrected chi connectivity index (χ1v) is 9.32. The number of anilines is 1. The Morgan fingerprint density at radius 1 is 1.18 bits per heavy atom. The zero-order valence-electron chi connectivity index (χ0n) is 16.0. The van der Waals surface area contributed by atoms with E-state index in [2.05, 4.69) is 24.9 Å². The summed E-state index contributed by atoms with van der Waals surface area (Å²) < 4.78 is 45.9. The third-order valence-corrected chi connectivity index (χ3v) is 5.27. The minimum atomic E-state index is -4.51. The van der Waals surface area contributed by atoms with E-state index in [0.29, 0.717) is 45.0 Å². The van der Waals surface area contributed by atoms with Gasteiger partial charge in [-0.25, -0.2) is 9.97 Å². The number of halogens is 3. The number of hydrogen-bond acceptors (Lipinski definition) is 6. The van der Waals surface area contributed by atoms with E-state index in [1.165, 1.54) is 6.20 Å². The van der Waals surface area contributed by atoms with Crippen molar-refractivity contribution in [2.45, 2.75) is 32.6 Å². The van der Waals surface area contributed by atoms with Crippen molar-refractivity contribution >= 4 is 5.82 Å². The van der Waals surface area contributed by atoms with Crippen molar-refractivity contribution in [3.63, 3.8) is 0 Å². The van der Waals surface area contributed by atoms with Gasteiger partial charge in [0, 0.05) is 63.5 Å². The fourth-order valence-corrected chi connectivity index (χ4v) is 3.92. The number of nitrogens with zero attached hydrogens (tertiary/aromatic N) is 6. The molecule has 4 rings (SSSR count). The van der Waals surface area contributed by atoms with Crippen LogP contribution in [0.3, 0.4) is 0 Å². The molecule has 2 aliphatic heterocycles. The topological polar surface area (TPSA) is 59.3 Å². The van der Waals surface area contributed by atoms with E-state index in [4.69, 9.17) is 4.74 Å². The number of fused-ring (bicyclic) bond motifs is 1. The molecule has 0 aromatic carbocycles. The first-order chi connectivity index (χ1) is 13.3. The van der Waals surface area contributed by atoms with E-state index in [1.54, 1.807) is 0 Å². The summed E-state index contributed by atoms with van der Waals surface area (Å²) in [7, 11) is 1.94. The molecule has 2 aliphatic rings. The number of morpholine rings is 1. The van der Waals surface area contributed by atoms with Crippen LogP contribution in [0.4, 0.5) is 19.0 Å². The van der Waals surface area contributed by atoms with Gasteiger partial charge in [0.1, 0.15) is 5.82 Å². The Morgan fingerprint density at radius 3 is 2.64 bits per heavy atom. The molecule has 1 fully saturated rings. The Morgan fingerprint density at radius 2 is 1.93 bits per heavy atom. The molecule has 1 saturated heterocycles. The van der Waals surface area contributed by atoms with E-state index in [-0.39, 0.29) is 0 Å². The highest BCUT2D eigenvalue weighted by Gasteiger charge is 2.35. The largest absolute Gasteiger partial charge is 0.451 e. The molecule has 7 nitrogen and oxygen atoms in total. The predicted molar refractivity (Wildman–Crippen MR) is 95.8 cm³/mol. The number of hydrogen-bond donors (Lipinski definition) is 0. The second-order valence-corrected chi connectivity index (χ2v) is 7.23. The molecule has 0 saturated carbocycles. The van der Waals surface area contributed by atoms with Crippen molar-refractivity contribution in [3.8, 4) is 0 Å². The molecule has 28 heavy (non-hydrogen) atoms. The quantitative estimate of drug-likeness (QED) is 0.790. The second-order valence-electron chi connectivity index (χ2n) is 7.23. The highest BCUT2D eigenvalue weighted by molar-refractivity contribution is 5.50. The van der Waals surface area contributed by atoms with E-state index in [1.807, 2.05) is 18.7 Å². The maximum atomic E-state index is 12.8. The zero-order valence-corrected chi connectivity index (χ0v) is 16.0. The standard InChI is InChI=1S/C18H23F3N6O/c1-12-14(16(25(2)24-12)27-5-7-28-8-6-27)11-26-4-3-15-13(10-26)9-22-17(23-15)18(19,20)21/h9H,3-8,10-11H2,1-2H3. The van der Waals surface area contributed by atoms with Crippen LogP contribution in [0, 0.1) is 6.92 Å².